The second kappa shape index (κ2) is 6.06. The van der Waals surface area contributed by atoms with Gasteiger partial charge in [0.05, 0.1) is 29.4 Å². The summed E-state index contributed by atoms with van der Waals surface area (Å²) in [6, 6.07) is 7.00. The van der Waals surface area contributed by atoms with E-state index in [1.807, 2.05) is 13.8 Å². The van der Waals surface area contributed by atoms with Crippen molar-refractivity contribution in [1.82, 2.24) is 9.80 Å². The van der Waals surface area contributed by atoms with Crippen LogP contribution in [0.1, 0.15) is 47.4 Å². The lowest BCUT2D eigenvalue weighted by molar-refractivity contribution is -0.0335. The van der Waals surface area contributed by atoms with Crippen LogP contribution < -0.4 is 0 Å². The van der Waals surface area contributed by atoms with Crippen LogP contribution in [0.15, 0.2) is 24.3 Å². The molecule has 1 saturated heterocycles. The molecule has 1 aromatic carbocycles. The van der Waals surface area contributed by atoms with E-state index in [0.29, 0.717) is 17.7 Å². The van der Waals surface area contributed by atoms with Crippen LogP contribution in [0.5, 0.6) is 0 Å². The Balaban J connectivity index is 1.68. The van der Waals surface area contributed by atoms with E-state index in [9.17, 15) is 9.59 Å². The number of piperidine rings is 1. The Morgan fingerprint density at radius 2 is 1.61 bits per heavy atom. The highest BCUT2D eigenvalue weighted by molar-refractivity contribution is 6.21. The van der Waals surface area contributed by atoms with Gasteiger partial charge in [0.2, 0.25) is 0 Å². The van der Waals surface area contributed by atoms with Crippen LogP contribution >= 0.6 is 0 Å². The molecule has 5 nitrogen and oxygen atoms in total. The van der Waals surface area contributed by atoms with Crippen LogP contribution in [0, 0.1) is 0 Å². The molecule has 0 aromatic heterocycles. The lowest BCUT2D eigenvalue weighted by Gasteiger charge is -2.36. The molecule has 1 fully saturated rings. The molecule has 1 aromatic rings. The van der Waals surface area contributed by atoms with Crippen molar-refractivity contribution in [3.8, 4) is 0 Å². The predicted molar refractivity (Wildman–Crippen MR) is 87.5 cm³/mol. The number of carbonyl (C=O) groups excluding carboxylic acids is 2. The third kappa shape index (κ3) is 3.03. The minimum atomic E-state index is -0.656. The van der Waals surface area contributed by atoms with E-state index < -0.39 is 5.54 Å². The van der Waals surface area contributed by atoms with Crippen molar-refractivity contribution in [2.45, 2.75) is 38.3 Å². The Labute approximate surface area is 137 Å². The monoisotopic (exact) mass is 316 g/mol. The van der Waals surface area contributed by atoms with E-state index in [2.05, 4.69) is 11.9 Å². The van der Waals surface area contributed by atoms with Gasteiger partial charge in [-0.2, -0.15) is 0 Å². The molecule has 2 aliphatic rings. The molecular weight excluding hydrogens is 292 g/mol. The molecule has 124 valence electrons. The molecule has 0 N–H and O–H groups in total. The molecule has 0 spiro atoms. The highest BCUT2D eigenvalue weighted by Gasteiger charge is 2.44. The molecule has 2 aliphatic heterocycles. The van der Waals surface area contributed by atoms with E-state index >= 15 is 0 Å². The van der Waals surface area contributed by atoms with Gasteiger partial charge in [-0.25, -0.2) is 0 Å². The van der Waals surface area contributed by atoms with Crippen molar-refractivity contribution >= 4 is 11.8 Å². The number of nitrogens with zero attached hydrogens (tertiary/aromatic N) is 2. The zero-order valence-corrected chi connectivity index (χ0v) is 14.0. The maximum absolute atomic E-state index is 12.6. The minimum absolute atomic E-state index is 0.209. The Morgan fingerprint density at radius 3 is 2.13 bits per heavy atom. The standard InChI is InChI=1S/C18H24N2O3/c1-18(2,12-23-13-8-10-19(3)11-9-13)20-16(21)14-6-4-5-7-15(14)17(20)22/h4-7,13H,8-12H2,1-3H3. The number of amides is 2. The highest BCUT2D eigenvalue weighted by Crippen LogP contribution is 2.30. The number of imide groups is 1. The minimum Gasteiger partial charge on any atom is -0.376 e. The first kappa shape index (κ1) is 16.1. The molecule has 0 radical (unpaired) electrons. The number of rotatable bonds is 4. The quantitative estimate of drug-likeness (QED) is 0.799. The summed E-state index contributed by atoms with van der Waals surface area (Å²) in [6.45, 7) is 6.20. The SMILES string of the molecule is CN1CCC(OCC(C)(C)N2C(=O)c3ccccc3C2=O)CC1. The van der Waals surface area contributed by atoms with Crippen molar-refractivity contribution in [2.75, 3.05) is 26.7 Å². The molecular formula is C18H24N2O3. The van der Waals surface area contributed by atoms with Gasteiger partial charge in [-0.1, -0.05) is 12.1 Å². The lowest BCUT2D eigenvalue weighted by Crippen LogP contribution is -2.51. The van der Waals surface area contributed by atoms with Crippen molar-refractivity contribution in [3.63, 3.8) is 0 Å². The van der Waals surface area contributed by atoms with Crippen LogP contribution in [0.4, 0.5) is 0 Å². The van der Waals surface area contributed by atoms with Crippen LogP contribution in [0.25, 0.3) is 0 Å². The number of carbonyl (C=O) groups is 2. The van der Waals surface area contributed by atoms with E-state index in [1.165, 1.54) is 4.90 Å². The smallest absolute Gasteiger partial charge is 0.262 e. The summed E-state index contributed by atoms with van der Waals surface area (Å²) in [5.41, 5.74) is 0.325. The van der Waals surface area contributed by atoms with Crippen LogP contribution in [-0.2, 0) is 4.74 Å². The summed E-state index contributed by atoms with van der Waals surface area (Å²) >= 11 is 0. The zero-order valence-electron chi connectivity index (χ0n) is 14.0. The largest absolute Gasteiger partial charge is 0.376 e. The van der Waals surface area contributed by atoms with Gasteiger partial charge in [0.25, 0.3) is 11.8 Å². The molecule has 5 heteroatoms. The zero-order chi connectivity index (χ0) is 16.6. The van der Waals surface area contributed by atoms with Crippen molar-refractivity contribution < 1.29 is 14.3 Å². The second-order valence-electron chi connectivity index (χ2n) is 7.12. The molecule has 0 bridgehead atoms. The number of likely N-dealkylation sites (tertiary alicyclic amines) is 1. The summed E-state index contributed by atoms with van der Waals surface area (Å²) in [4.78, 5) is 28.8. The second-order valence-corrected chi connectivity index (χ2v) is 7.12. The third-order valence-corrected chi connectivity index (χ3v) is 4.74. The van der Waals surface area contributed by atoms with Gasteiger partial charge in [-0.3, -0.25) is 14.5 Å². The number of ether oxygens (including phenoxy) is 1. The van der Waals surface area contributed by atoms with Crippen molar-refractivity contribution in [3.05, 3.63) is 35.4 Å². The van der Waals surface area contributed by atoms with E-state index in [1.54, 1.807) is 24.3 Å². The lowest BCUT2D eigenvalue weighted by atomic mass is 10.0. The Bertz CT molecular complexity index is 583. The Kier molecular flexibility index (Phi) is 4.25. The van der Waals surface area contributed by atoms with Gasteiger partial charge in [-0.05, 0) is 45.9 Å². The Hall–Kier alpha value is -1.72. The summed E-state index contributed by atoms with van der Waals surface area (Å²) in [7, 11) is 2.11. The van der Waals surface area contributed by atoms with E-state index in [0.717, 1.165) is 25.9 Å². The van der Waals surface area contributed by atoms with E-state index in [-0.39, 0.29) is 17.9 Å². The van der Waals surface area contributed by atoms with Crippen LogP contribution in [-0.4, -0.2) is 60.0 Å². The fraction of sp³-hybridized carbons (Fsp3) is 0.556. The first-order chi connectivity index (χ1) is 10.9. The summed E-state index contributed by atoms with van der Waals surface area (Å²) in [5, 5.41) is 0. The fourth-order valence-electron chi connectivity index (χ4n) is 3.28. The number of hydrogen-bond donors (Lipinski definition) is 0. The molecule has 2 heterocycles. The molecule has 0 atom stereocenters. The fourth-order valence-corrected chi connectivity index (χ4v) is 3.28. The summed E-state index contributed by atoms with van der Waals surface area (Å²) < 4.78 is 6.03. The molecule has 0 unspecified atom stereocenters. The van der Waals surface area contributed by atoms with Gasteiger partial charge in [0.15, 0.2) is 0 Å². The first-order valence-corrected chi connectivity index (χ1v) is 8.18. The molecule has 0 aliphatic carbocycles. The molecule has 0 saturated carbocycles. The van der Waals surface area contributed by atoms with E-state index in [4.69, 9.17) is 4.74 Å². The Morgan fingerprint density at radius 1 is 1.09 bits per heavy atom. The average Bonchev–Trinajstić information content (AvgIpc) is 2.79. The summed E-state index contributed by atoms with van der Waals surface area (Å²) in [5.74, 6) is -0.440. The van der Waals surface area contributed by atoms with Gasteiger partial charge >= 0.3 is 0 Å². The maximum Gasteiger partial charge on any atom is 0.262 e. The van der Waals surface area contributed by atoms with Crippen molar-refractivity contribution in [1.29, 1.82) is 0 Å². The number of benzene rings is 1. The number of hydrogen-bond acceptors (Lipinski definition) is 4. The van der Waals surface area contributed by atoms with Gasteiger partial charge in [-0.15, -0.1) is 0 Å². The van der Waals surface area contributed by atoms with Gasteiger partial charge < -0.3 is 9.64 Å². The molecule has 2 amide bonds. The normalized spacial score (nSPS) is 20.2. The highest BCUT2D eigenvalue weighted by atomic mass is 16.5. The van der Waals surface area contributed by atoms with Gasteiger partial charge in [0.1, 0.15) is 0 Å². The third-order valence-electron chi connectivity index (χ3n) is 4.74. The number of fused-ring (bicyclic) bond motifs is 1. The van der Waals surface area contributed by atoms with Gasteiger partial charge in [0, 0.05) is 13.1 Å². The molecule has 3 rings (SSSR count). The first-order valence-electron chi connectivity index (χ1n) is 8.18. The average molecular weight is 316 g/mol. The molecule has 23 heavy (non-hydrogen) atoms. The maximum atomic E-state index is 12.6. The topological polar surface area (TPSA) is 49.9 Å². The van der Waals surface area contributed by atoms with Crippen LogP contribution in [0.3, 0.4) is 0 Å². The van der Waals surface area contributed by atoms with Crippen molar-refractivity contribution in [2.24, 2.45) is 0 Å². The van der Waals surface area contributed by atoms with Crippen LogP contribution in [0.2, 0.25) is 0 Å². The summed E-state index contributed by atoms with van der Waals surface area (Å²) in [6.07, 6.45) is 2.20. The predicted octanol–water partition coefficient (Wildman–Crippen LogP) is 2.17.